The molecule has 1 aliphatic heterocycles. The van der Waals surface area contributed by atoms with Crippen LogP contribution < -0.4 is 4.90 Å². The van der Waals surface area contributed by atoms with Crippen LogP contribution in [0.1, 0.15) is 11.1 Å². The molecule has 268 valence electrons. The lowest BCUT2D eigenvalue weighted by Gasteiger charge is -2.32. The maximum atomic E-state index is 5.26. The Morgan fingerprint density at radius 1 is 0.351 bits per heavy atom. The van der Waals surface area contributed by atoms with Gasteiger partial charge in [0, 0.05) is 34.0 Å². The van der Waals surface area contributed by atoms with Gasteiger partial charge in [-0.15, -0.1) is 0 Å². The third-order valence-corrected chi connectivity index (χ3v) is 11.2. The van der Waals surface area contributed by atoms with Gasteiger partial charge >= 0.3 is 0 Å². The topological polar surface area (TPSA) is 34.0 Å². The van der Waals surface area contributed by atoms with Crippen molar-refractivity contribution in [2.75, 3.05) is 4.90 Å². The number of rotatable bonds is 6. The molecule has 0 saturated carbocycles. The van der Waals surface area contributed by atoms with Gasteiger partial charge in [-0.2, -0.15) is 0 Å². The third-order valence-electron chi connectivity index (χ3n) is 11.2. The fourth-order valence-electron chi connectivity index (χ4n) is 8.47. The zero-order valence-corrected chi connectivity index (χ0v) is 31.1. The van der Waals surface area contributed by atoms with Gasteiger partial charge in [0.15, 0.2) is 0 Å². The Kier molecular flexibility index (Phi) is 7.85. The lowest BCUT2D eigenvalue weighted by Crippen LogP contribution is -2.21. The average Bonchev–Trinajstić information content (AvgIpc) is 3.62. The van der Waals surface area contributed by atoms with E-state index < -0.39 is 0 Å². The molecule has 8 aromatic carbocycles. The van der Waals surface area contributed by atoms with Crippen molar-refractivity contribution in [1.29, 1.82) is 0 Å². The van der Waals surface area contributed by atoms with Crippen molar-refractivity contribution in [3.8, 4) is 50.5 Å². The molecule has 2 aromatic heterocycles. The molecule has 0 amide bonds. The summed E-state index contributed by atoms with van der Waals surface area (Å²) in [5.74, 6) is 0.653. The van der Waals surface area contributed by atoms with Crippen LogP contribution in [0.5, 0.6) is 0 Å². The molecule has 0 radical (unpaired) electrons. The molecule has 0 unspecified atom stereocenters. The summed E-state index contributed by atoms with van der Waals surface area (Å²) in [5, 5.41) is 2.47. The van der Waals surface area contributed by atoms with Crippen molar-refractivity contribution in [3.05, 3.63) is 217 Å². The fraction of sp³-hybridized carbons (Fsp3) is 0.0189. The van der Waals surface area contributed by atoms with E-state index in [0.29, 0.717) is 5.95 Å². The Hall–Kier alpha value is -7.56. The first-order valence-electron chi connectivity index (χ1n) is 19.5. The van der Waals surface area contributed by atoms with Crippen molar-refractivity contribution in [3.63, 3.8) is 0 Å². The van der Waals surface area contributed by atoms with Crippen molar-refractivity contribution < 1.29 is 0 Å². The standard InChI is InChI=1S/C53H36N4/c1-5-15-36(16-6-1)40-26-29-51-45(33-40)46-34-41(27-30-52(46)56(51)44-22-11-4-12-23-44)39-25-28-50-43(31-39)32-42-21-13-14-24-49(42)57(50)53-54-47(37-17-7-2-8-18-37)35-48(55-53)38-19-9-3-10-20-38/h1-31,33-35H,32H2. The van der Waals surface area contributed by atoms with Crippen LogP contribution in [0.2, 0.25) is 0 Å². The molecule has 0 fully saturated rings. The minimum Gasteiger partial charge on any atom is -0.309 e. The number of benzene rings is 8. The zero-order chi connectivity index (χ0) is 37.7. The summed E-state index contributed by atoms with van der Waals surface area (Å²) >= 11 is 0. The molecule has 4 heteroatoms. The van der Waals surface area contributed by atoms with Gasteiger partial charge in [-0.1, -0.05) is 146 Å². The number of aromatic nitrogens is 3. The summed E-state index contributed by atoms with van der Waals surface area (Å²) in [6.07, 6.45) is 0.815. The summed E-state index contributed by atoms with van der Waals surface area (Å²) in [6.45, 7) is 0. The lowest BCUT2D eigenvalue weighted by atomic mass is 9.92. The zero-order valence-electron chi connectivity index (χ0n) is 31.1. The van der Waals surface area contributed by atoms with Gasteiger partial charge < -0.3 is 4.57 Å². The van der Waals surface area contributed by atoms with Crippen molar-refractivity contribution >= 4 is 39.1 Å². The van der Waals surface area contributed by atoms with E-state index >= 15 is 0 Å². The van der Waals surface area contributed by atoms with E-state index in [0.717, 1.165) is 46.0 Å². The van der Waals surface area contributed by atoms with E-state index in [9.17, 15) is 0 Å². The second-order valence-corrected chi connectivity index (χ2v) is 14.7. The molecule has 0 atom stereocenters. The molecule has 3 heterocycles. The number of anilines is 3. The van der Waals surface area contributed by atoms with Crippen LogP contribution >= 0.6 is 0 Å². The van der Waals surface area contributed by atoms with Crippen molar-refractivity contribution in [2.45, 2.75) is 6.42 Å². The van der Waals surface area contributed by atoms with Gasteiger partial charge in [-0.25, -0.2) is 9.97 Å². The van der Waals surface area contributed by atoms with Gasteiger partial charge in [0.05, 0.1) is 33.8 Å². The fourth-order valence-corrected chi connectivity index (χ4v) is 8.47. The maximum Gasteiger partial charge on any atom is 0.235 e. The van der Waals surface area contributed by atoms with Crippen LogP contribution in [-0.4, -0.2) is 14.5 Å². The Morgan fingerprint density at radius 3 is 1.44 bits per heavy atom. The number of nitrogens with zero attached hydrogens (tertiary/aromatic N) is 4. The van der Waals surface area contributed by atoms with E-state index in [4.69, 9.17) is 9.97 Å². The Morgan fingerprint density at radius 2 is 0.825 bits per heavy atom. The van der Waals surface area contributed by atoms with E-state index in [1.165, 1.54) is 55.2 Å². The minimum atomic E-state index is 0.653. The third kappa shape index (κ3) is 5.78. The first-order chi connectivity index (χ1) is 28.2. The Bertz CT molecular complexity index is 3020. The van der Waals surface area contributed by atoms with Gasteiger partial charge in [-0.05, 0) is 94.0 Å². The van der Waals surface area contributed by atoms with Gasteiger partial charge in [-0.3, -0.25) is 4.90 Å². The highest BCUT2D eigenvalue weighted by molar-refractivity contribution is 6.11. The number of para-hydroxylation sites is 2. The molecule has 0 spiro atoms. The van der Waals surface area contributed by atoms with Gasteiger partial charge in [0.25, 0.3) is 0 Å². The van der Waals surface area contributed by atoms with Gasteiger partial charge in [0.2, 0.25) is 5.95 Å². The number of hydrogen-bond acceptors (Lipinski definition) is 3. The Balaban J connectivity index is 1.07. The summed E-state index contributed by atoms with van der Waals surface area (Å²) in [5.41, 5.74) is 16.9. The largest absolute Gasteiger partial charge is 0.309 e. The van der Waals surface area contributed by atoms with E-state index in [1.54, 1.807) is 0 Å². The molecule has 0 saturated heterocycles. The number of hydrogen-bond donors (Lipinski definition) is 0. The summed E-state index contributed by atoms with van der Waals surface area (Å²) < 4.78 is 2.39. The molecular weight excluding hydrogens is 693 g/mol. The van der Waals surface area contributed by atoms with Crippen molar-refractivity contribution in [1.82, 2.24) is 14.5 Å². The molecule has 0 N–H and O–H groups in total. The lowest BCUT2D eigenvalue weighted by molar-refractivity contribution is 1.02. The van der Waals surface area contributed by atoms with Crippen LogP contribution in [0.15, 0.2) is 206 Å². The molecule has 4 nitrogen and oxygen atoms in total. The maximum absolute atomic E-state index is 5.26. The molecular formula is C53H36N4. The molecule has 11 rings (SSSR count). The van der Waals surface area contributed by atoms with E-state index in [2.05, 4.69) is 204 Å². The van der Waals surface area contributed by atoms with Gasteiger partial charge in [0.1, 0.15) is 0 Å². The number of fused-ring (bicyclic) bond motifs is 5. The van der Waals surface area contributed by atoms with Crippen LogP contribution in [0, 0.1) is 0 Å². The molecule has 0 bridgehead atoms. The van der Waals surface area contributed by atoms with Crippen LogP contribution in [0.25, 0.3) is 72.3 Å². The highest BCUT2D eigenvalue weighted by Crippen LogP contribution is 2.45. The second kappa shape index (κ2) is 13.6. The normalized spacial score (nSPS) is 12.1. The first kappa shape index (κ1) is 32.8. The first-order valence-corrected chi connectivity index (χ1v) is 19.5. The Labute approximate surface area is 331 Å². The quantitative estimate of drug-likeness (QED) is 0.171. The minimum absolute atomic E-state index is 0.653. The molecule has 0 aliphatic carbocycles. The van der Waals surface area contributed by atoms with Crippen LogP contribution in [0.3, 0.4) is 0 Å². The molecule has 1 aliphatic rings. The second-order valence-electron chi connectivity index (χ2n) is 14.7. The smallest absolute Gasteiger partial charge is 0.235 e. The van der Waals surface area contributed by atoms with Crippen LogP contribution in [-0.2, 0) is 6.42 Å². The van der Waals surface area contributed by atoms with E-state index in [-0.39, 0.29) is 0 Å². The predicted molar refractivity (Wildman–Crippen MR) is 236 cm³/mol. The summed E-state index contributed by atoms with van der Waals surface area (Å²) in [6, 6.07) is 73.5. The highest BCUT2D eigenvalue weighted by atomic mass is 15.3. The molecule has 57 heavy (non-hydrogen) atoms. The molecule has 10 aromatic rings. The highest BCUT2D eigenvalue weighted by Gasteiger charge is 2.27. The SMILES string of the molecule is c1ccc(-c2ccc3c(c2)c2cc(-c4ccc5c(c4)Cc4ccccc4N5c4nc(-c5ccccc5)cc(-c5ccccc5)n4)ccc2n3-c2ccccc2)cc1. The summed E-state index contributed by atoms with van der Waals surface area (Å²) in [4.78, 5) is 12.8. The average molecular weight is 729 g/mol. The van der Waals surface area contributed by atoms with Crippen LogP contribution in [0.4, 0.5) is 17.3 Å². The van der Waals surface area contributed by atoms with E-state index in [1.807, 2.05) is 12.1 Å². The van der Waals surface area contributed by atoms with Crippen molar-refractivity contribution in [2.24, 2.45) is 0 Å². The predicted octanol–water partition coefficient (Wildman–Crippen LogP) is 13.6. The monoisotopic (exact) mass is 728 g/mol. The summed E-state index contributed by atoms with van der Waals surface area (Å²) in [7, 11) is 0.